The second-order valence-corrected chi connectivity index (χ2v) is 3.72. The van der Waals surface area contributed by atoms with Crippen LogP contribution in [0.2, 0.25) is 0 Å². The molecule has 5 heteroatoms. The zero-order valence-electron chi connectivity index (χ0n) is 9.29. The van der Waals surface area contributed by atoms with Crippen LogP contribution in [0, 0.1) is 0 Å². The highest BCUT2D eigenvalue weighted by Gasteiger charge is 2.14. The Labute approximate surface area is 102 Å². The standard InChI is InChI=1S/C13H10O5/c14-12(15)7-8-3-4-9(6-10(8)13(16)17)11-2-1-5-18-11/h1-6H,7H2,(H,14,15)(H,16,17). The molecule has 0 spiro atoms. The highest BCUT2D eigenvalue weighted by atomic mass is 16.4. The molecule has 2 rings (SSSR count). The van der Waals surface area contributed by atoms with Gasteiger partial charge in [-0.05, 0) is 23.8 Å². The van der Waals surface area contributed by atoms with Crippen molar-refractivity contribution < 1.29 is 24.2 Å². The van der Waals surface area contributed by atoms with Crippen molar-refractivity contribution in [2.75, 3.05) is 0 Å². The van der Waals surface area contributed by atoms with Crippen molar-refractivity contribution in [3.05, 3.63) is 47.7 Å². The first kappa shape index (κ1) is 11.9. The van der Waals surface area contributed by atoms with E-state index in [2.05, 4.69) is 0 Å². The first-order valence-electron chi connectivity index (χ1n) is 5.20. The number of hydrogen-bond donors (Lipinski definition) is 2. The smallest absolute Gasteiger partial charge is 0.336 e. The van der Waals surface area contributed by atoms with Crippen LogP contribution >= 0.6 is 0 Å². The fourth-order valence-electron chi connectivity index (χ4n) is 1.69. The van der Waals surface area contributed by atoms with Crippen LogP contribution in [0.4, 0.5) is 0 Å². The molecule has 0 amide bonds. The lowest BCUT2D eigenvalue weighted by Gasteiger charge is -2.05. The van der Waals surface area contributed by atoms with E-state index >= 15 is 0 Å². The van der Waals surface area contributed by atoms with Gasteiger partial charge < -0.3 is 14.6 Å². The summed E-state index contributed by atoms with van der Waals surface area (Å²) in [5.41, 5.74) is 0.850. The minimum absolute atomic E-state index is 0.0219. The van der Waals surface area contributed by atoms with Crippen molar-refractivity contribution in [2.24, 2.45) is 0 Å². The largest absolute Gasteiger partial charge is 0.481 e. The van der Waals surface area contributed by atoms with Crippen LogP contribution in [0.5, 0.6) is 0 Å². The van der Waals surface area contributed by atoms with Crippen LogP contribution in [0.25, 0.3) is 11.3 Å². The third-order valence-corrected chi connectivity index (χ3v) is 2.49. The molecule has 1 aromatic carbocycles. The SMILES string of the molecule is O=C(O)Cc1ccc(-c2ccco2)cc1C(=O)O. The first-order chi connectivity index (χ1) is 8.58. The van der Waals surface area contributed by atoms with E-state index in [1.807, 2.05) is 0 Å². The van der Waals surface area contributed by atoms with Gasteiger partial charge in [0.1, 0.15) is 5.76 Å². The van der Waals surface area contributed by atoms with Crippen molar-refractivity contribution in [1.82, 2.24) is 0 Å². The topological polar surface area (TPSA) is 87.7 Å². The van der Waals surface area contributed by atoms with Gasteiger partial charge in [-0.3, -0.25) is 4.79 Å². The predicted molar refractivity (Wildman–Crippen MR) is 62.4 cm³/mol. The zero-order chi connectivity index (χ0) is 13.1. The maximum absolute atomic E-state index is 11.1. The molecule has 92 valence electrons. The van der Waals surface area contributed by atoms with Gasteiger partial charge in [0, 0.05) is 5.56 Å². The average molecular weight is 246 g/mol. The second-order valence-electron chi connectivity index (χ2n) is 3.72. The number of furan rings is 1. The lowest BCUT2D eigenvalue weighted by Crippen LogP contribution is -2.08. The van der Waals surface area contributed by atoms with Crippen LogP contribution in [0.3, 0.4) is 0 Å². The summed E-state index contributed by atoms with van der Waals surface area (Å²) in [6.07, 6.45) is 1.17. The Hall–Kier alpha value is -2.56. The molecule has 0 radical (unpaired) electrons. The summed E-state index contributed by atoms with van der Waals surface area (Å²) in [6.45, 7) is 0. The van der Waals surface area contributed by atoms with E-state index in [9.17, 15) is 9.59 Å². The van der Waals surface area contributed by atoms with Gasteiger partial charge in [-0.1, -0.05) is 12.1 Å². The molecule has 0 atom stereocenters. The molecule has 0 bridgehead atoms. The van der Waals surface area contributed by atoms with Crippen molar-refractivity contribution >= 4 is 11.9 Å². The summed E-state index contributed by atoms with van der Waals surface area (Å²) in [5, 5.41) is 17.8. The number of carbonyl (C=O) groups is 2. The highest BCUT2D eigenvalue weighted by Crippen LogP contribution is 2.23. The molecule has 0 aliphatic carbocycles. The van der Waals surface area contributed by atoms with Gasteiger partial charge in [0.05, 0.1) is 18.2 Å². The Kier molecular flexibility index (Phi) is 3.14. The first-order valence-corrected chi connectivity index (χ1v) is 5.20. The molecule has 1 heterocycles. The van der Waals surface area contributed by atoms with Crippen LogP contribution in [-0.4, -0.2) is 22.2 Å². The summed E-state index contributed by atoms with van der Waals surface area (Å²) >= 11 is 0. The Morgan fingerprint density at radius 2 is 1.94 bits per heavy atom. The monoisotopic (exact) mass is 246 g/mol. The molecule has 0 aliphatic heterocycles. The van der Waals surface area contributed by atoms with Gasteiger partial charge in [-0.25, -0.2) is 4.79 Å². The molecular formula is C13H10O5. The Bertz CT molecular complexity index is 583. The van der Waals surface area contributed by atoms with Crippen LogP contribution < -0.4 is 0 Å². The third kappa shape index (κ3) is 2.40. The molecule has 2 N–H and O–H groups in total. The summed E-state index contributed by atoms with van der Waals surface area (Å²) < 4.78 is 5.17. The van der Waals surface area contributed by atoms with E-state index in [4.69, 9.17) is 14.6 Å². The third-order valence-electron chi connectivity index (χ3n) is 2.49. The van der Waals surface area contributed by atoms with Crippen LogP contribution in [0.15, 0.2) is 41.0 Å². The molecule has 0 saturated carbocycles. The molecule has 0 unspecified atom stereocenters. The summed E-state index contributed by atoms with van der Waals surface area (Å²) in [4.78, 5) is 21.7. The Balaban J connectivity index is 2.46. The zero-order valence-corrected chi connectivity index (χ0v) is 9.29. The quantitative estimate of drug-likeness (QED) is 0.863. The van der Waals surface area contributed by atoms with Gasteiger partial charge in [0.15, 0.2) is 0 Å². The molecule has 18 heavy (non-hydrogen) atoms. The fourth-order valence-corrected chi connectivity index (χ4v) is 1.69. The number of carboxylic acid groups (broad SMARTS) is 2. The maximum Gasteiger partial charge on any atom is 0.336 e. The van der Waals surface area contributed by atoms with E-state index < -0.39 is 11.9 Å². The van der Waals surface area contributed by atoms with E-state index in [0.717, 1.165) is 0 Å². The highest BCUT2D eigenvalue weighted by molar-refractivity contribution is 5.92. The van der Waals surface area contributed by atoms with E-state index in [1.54, 1.807) is 18.2 Å². The van der Waals surface area contributed by atoms with Gasteiger partial charge >= 0.3 is 11.9 Å². The minimum Gasteiger partial charge on any atom is -0.481 e. The fraction of sp³-hybridized carbons (Fsp3) is 0.0769. The molecule has 2 aromatic rings. The molecule has 0 saturated heterocycles. The van der Waals surface area contributed by atoms with E-state index in [0.29, 0.717) is 11.3 Å². The predicted octanol–water partition coefficient (Wildman–Crippen LogP) is 2.27. The number of rotatable bonds is 4. The minimum atomic E-state index is -1.15. The summed E-state index contributed by atoms with van der Waals surface area (Å²) in [5.74, 6) is -1.68. The Morgan fingerprint density at radius 1 is 1.17 bits per heavy atom. The lowest BCUT2D eigenvalue weighted by atomic mass is 10.0. The molecule has 5 nitrogen and oxygen atoms in total. The van der Waals surface area contributed by atoms with Crippen molar-refractivity contribution in [3.63, 3.8) is 0 Å². The number of carboxylic acids is 2. The van der Waals surface area contributed by atoms with Crippen molar-refractivity contribution in [3.8, 4) is 11.3 Å². The number of benzene rings is 1. The molecule has 0 fully saturated rings. The second kappa shape index (κ2) is 4.75. The Morgan fingerprint density at radius 3 is 2.50 bits per heavy atom. The van der Waals surface area contributed by atoms with Gasteiger partial charge in [0.25, 0.3) is 0 Å². The number of hydrogen-bond acceptors (Lipinski definition) is 3. The van der Waals surface area contributed by atoms with E-state index in [1.165, 1.54) is 18.4 Å². The van der Waals surface area contributed by atoms with Gasteiger partial charge in [-0.2, -0.15) is 0 Å². The molecule has 0 aliphatic rings. The van der Waals surface area contributed by atoms with Crippen LogP contribution in [-0.2, 0) is 11.2 Å². The average Bonchev–Trinajstić information content (AvgIpc) is 2.82. The lowest BCUT2D eigenvalue weighted by molar-refractivity contribution is -0.136. The van der Waals surface area contributed by atoms with E-state index in [-0.39, 0.29) is 17.5 Å². The van der Waals surface area contributed by atoms with Crippen molar-refractivity contribution in [1.29, 1.82) is 0 Å². The number of aliphatic carboxylic acids is 1. The van der Waals surface area contributed by atoms with Crippen LogP contribution in [0.1, 0.15) is 15.9 Å². The molecule has 1 aromatic heterocycles. The normalized spacial score (nSPS) is 10.2. The molecular weight excluding hydrogens is 236 g/mol. The maximum atomic E-state index is 11.1. The van der Waals surface area contributed by atoms with Crippen molar-refractivity contribution in [2.45, 2.75) is 6.42 Å². The summed E-state index contributed by atoms with van der Waals surface area (Å²) in [7, 11) is 0. The van der Waals surface area contributed by atoms with Gasteiger partial charge in [0.2, 0.25) is 0 Å². The summed E-state index contributed by atoms with van der Waals surface area (Å²) in [6, 6.07) is 7.96. The number of aromatic carboxylic acids is 1. The van der Waals surface area contributed by atoms with Gasteiger partial charge in [-0.15, -0.1) is 0 Å².